The van der Waals surface area contributed by atoms with E-state index in [1.54, 1.807) is 10.9 Å². The molecule has 0 fully saturated rings. The van der Waals surface area contributed by atoms with Gasteiger partial charge in [0, 0.05) is 13.0 Å². The quantitative estimate of drug-likeness (QED) is 0.819. The second kappa shape index (κ2) is 5.53. The van der Waals surface area contributed by atoms with E-state index in [0.29, 0.717) is 12.4 Å². The largest absolute Gasteiger partial charge is 0.493 e. The summed E-state index contributed by atoms with van der Waals surface area (Å²) in [7, 11) is 0. The molecule has 1 aromatic heterocycles. The van der Waals surface area contributed by atoms with Crippen LogP contribution in [0.3, 0.4) is 0 Å². The van der Waals surface area contributed by atoms with Crippen LogP contribution >= 0.6 is 0 Å². The molecule has 0 saturated heterocycles. The van der Waals surface area contributed by atoms with Crippen LogP contribution in [0.1, 0.15) is 17.5 Å². The Morgan fingerprint density at radius 2 is 2.17 bits per heavy atom. The molecule has 0 amide bonds. The highest BCUT2D eigenvalue weighted by molar-refractivity contribution is 5.35. The molecule has 2 N–H and O–H groups in total. The number of nitrogens with zero attached hydrogens (tertiary/aromatic N) is 3. The number of nitrogen functional groups attached to an aromatic ring is 1. The number of nitrogens with two attached hydrogens (primary N) is 1. The van der Waals surface area contributed by atoms with Crippen molar-refractivity contribution < 1.29 is 4.74 Å². The second-order valence-corrected chi connectivity index (χ2v) is 4.38. The van der Waals surface area contributed by atoms with E-state index in [1.165, 1.54) is 5.56 Å². The zero-order chi connectivity index (χ0) is 13.0. The van der Waals surface area contributed by atoms with Gasteiger partial charge in [0.2, 0.25) is 0 Å². The number of hydrogen-bond donors (Lipinski definition) is 1. The van der Waals surface area contributed by atoms with Gasteiger partial charge in [-0.3, -0.25) is 4.68 Å². The monoisotopic (exact) mass is 246 g/mol. The summed E-state index contributed by atoms with van der Waals surface area (Å²) in [6.07, 6.45) is 2.59. The van der Waals surface area contributed by atoms with E-state index in [4.69, 9.17) is 10.5 Å². The lowest BCUT2D eigenvalue weighted by Gasteiger charge is -2.09. The maximum absolute atomic E-state index is 5.75. The molecule has 0 unspecified atom stereocenters. The zero-order valence-corrected chi connectivity index (χ0v) is 10.8. The van der Waals surface area contributed by atoms with Crippen LogP contribution < -0.4 is 10.5 Å². The summed E-state index contributed by atoms with van der Waals surface area (Å²) in [6.45, 7) is 5.52. The molecule has 5 nitrogen and oxygen atoms in total. The van der Waals surface area contributed by atoms with Gasteiger partial charge in [0.1, 0.15) is 5.75 Å². The van der Waals surface area contributed by atoms with Crippen molar-refractivity contribution in [3.63, 3.8) is 0 Å². The first-order chi connectivity index (χ1) is 8.65. The third-order valence-electron chi connectivity index (χ3n) is 2.69. The van der Waals surface area contributed by atoms with Crippen LogP contribution in [0.5, 0.6) is 5.75 Å². The van der Waals surface area contributed by atoms with Crippen molar-refractivity contribution >= 4 is 5.82 Å². The maximum Gasteiger partial charge on any atom is 0.165 e. The molecule has 2 aromatic rings. The molecule has 2 rings (SSSR count). The van der Waals surface area contributed by atoms with Gasteiger partial charge in [-0.25, -0.2) is 0 Å². The minimum absolute atomic E-state index is 0.449. The van der Waals surface area contributed by atoms with Crippen LogP contribution in [-0.4, -0.2) is 21.6 Å². The van der Waals surface area contributed by atoms with E-state index in [0.717, 1.165) is 24.3 Å². The summed E-state index contributed by atoms with van der Waals surface area (Å²) in [6, 6.07) is 6.21. The first-order valence-corrected chi connectivity index (χ1v) is 6.01. The predicted octanol–water partition coefficient (Wildman–Crippen LogP) is 1.95. The SMILES string of the molecule is Cc1ccc(C)c(OCCCn2cc(N)nn2)c1. The van der Waals surface area contributed by atoms with Crippen LogP contribution in [-0.2, 0) is 6.54 Å². The van der Waals surface area contributed by atoms with Crippen LogP contribution in [0, 0.1) is 13.8 Å². The number of aromatic nitrogens is 3. The van der Waals surface area contributed by atoms with Gasteiger partial charge in [-0.2, -0.15) is 0 Å². The van der Waals surface area contributed by atoms with Crippen molar-refractivity contribution in [2.24, 2.45) is 0 Å². The third kappa shape index (κ3) is 3.23. The van der Waals surface area contributed by atoms with Gasteiger partial charge in [0.25, 0.3) is 0 Å². The number of benzene rings is 1. The molecule has 1 heterocycles. The molecular weight excluding hydrogens is 228 g/mol. The minimum atomic E-state index is 0.449. The lowest BCUT2D eigenvalue weighted by Crippen LogP contribution is -2.05. The summed E-state index contributed by atoms with van der Waals surface area (Å²) in [5.41, 5.74) is 7.85. The van der Waals surface area contributed by atoms with Crippen molar-refractivity contribution in [1.29, 1.82) is 0 Å². The summed E-state index contributed by atoms with van der Waals surface area (Å²) in [4.78, 5) is 0. The molecule has 0 spiro atoms. The molecule has 5 heteroatoms. The highest BCUT2D eigenvalue weighted by Crippen LogP contribution is 2.19. The Bertz CT molecular complexity index is 521. The molecule has 1 aromatic carbocycles. The summed E-state index contributed by atoms with van der Waals surface area (Å²) < 4.78 is 7.48. The van der Waals surface area contributed by atoms with E-state index < -0.39 is 0 Å². The van der Waals surface area contributed by atoms with E-state index in [1.807, 2.05) is 6.92 Å². The molecule has 0 atom stereocenters. The van der Waals surface area contributed by atoms with Crippen LogP contribution in [0.25, 0.3) is 0 Å². The predicted molar refractivity (Wildman–Crippen MR) is 70.5 cm³/mol. The van der Waals surface area contributed by atoms with Gasteiger partial charge < -0.3 is 10.5 Å². The van der Waals surface area contributed by atoms with Crippen LogP contribution in [0.15, 0.2) is 24.4 Å². The van der Waals surface area contributed by atoms with Crippen molar-refractivity contribution in [3.8, 4) is 5.75 Å². The number of anilines is 1. The first kappa shape index (κ1) is 12.4. The lowest BCUT2D eigenvalue weighted by molar-refractivity contribution is 0.296. The summed E-state index contributed by atoms with van der Waals surface area (Å²) in [5, 5.41) is 7.61. The fraction of sp³-hybridized carbons (Fsp3) is 0.385. The molecule has 0 aliphatic heterocycles. The fourth-order valence-electron chi connectivity index (χ4n) is 1.69. The van der Waals surface area contributed by atoms with E-state index >= 15 is 0 Å². The molecule has 0 aliphatic rings. The van der Waals surface area contributed by atoms with Crippen molar-refractivity contribution in [1.82, 2.24) is 15.0 Å². The Morgan fingerprint density at radius 1 is 1.33 bits per heavy atom. The van der Waals surface area contributed by atoms with Gasteiger partial charge in [-0.1, -0.05) is 17.3 Å². The van der Waals surface area contributed by atoms with Gasteiger partial charge in [-0.15, -0.1) is 5.10 Å². The molecular formula is C13H18N4O. The van der Waals surface area contributed by atoms with Crippen molar-refractivity contribution in [2.75, 3.05) is 12.3 Å². The molecule has 0 aliphatic carbocycles. The topological polar surface area (TPSA) is 66.0 Å². The van der Waals surface area contributed by atoms with E-state index in [-0.39, 0.29) is 0 Å². The molecule has 0 radical (unpaired) electrons. The smallest absolute Gasteiger partial charge is 0.165 e. The zero-order valence-electron chi connectivity index (χ0n) is 10.8. The Kier molecular flexibility index (Phi) is 3.82. The highest BCUT2D eigenvalue weighted by atomic mass is 16.5. The Hall–Kier alpha value is -2.04. The van der Waals surface area contributed by atoms with Gasteiger partial charge >= 0.3 is 0 Å². The van der Waals surface area contributed by atoms with Gasteiger partial charge in [0.15, 0.2) is 5.82 Å². The van der Waals surface area contributed by atoms with Crippen LogP contribution in [0.2, 0.25) is 0 Å². The molecule has 18 heavy (non-hydrogen) atoms. The van der Waals surface area contributed by atoms with E-state index in [9.17, 15) is 0 Å². The summed E-state index contributed by atoms with van der Waals surface area (Å²) >= 11 is 0. The number of ether oxygens (including phenoxy) is 1. The second-order valence-electron chi connectivity index (χ2n) is 4.38. The Labute approximate surface area is 107 Å². The number of hydrogen-bond acceptors (Lipinski definition) is 4. The highest BCUT2D eigenvalue weighted by Gasteiger charge is 2.00. The Balaban J connectivity index is 1.80. The minimum Gasteiger partial charge on any atom is -0.493 e. The average molecular weight is 246 g/mol. The lowest BCUT2D eigenvalue weighted by atomic mass is 10.1. The number of rotatable bonds is 5. The Morgan fingerprint density at radius 3 is 2.89 bits per heavy atom. The fourth-order valence-corrected chi connectivity index (χ4v) is 1.69. The molecule has 96 valence electrons. The van der Waals surface area contributed by atoms with E-state index in [2.05, 4.69) is 35.4 Å². The molecule has 0 bridgehead atoms. The third-order valence-corrected chi connectivity index (χ3v) is 2.69. The van der Waals surface area contributed by atoms with Gasteiger partial charge in [-0.05, 0) is 31.0 Å². The maximum atomic E-state index is 5.75. The molecule has 0 saturated carbocycles. The van der Waals surface area contributed by atoms with Crippen LogP contribution in [0.4, 0.5) is 5.82 Å². The average Bonchev–Trinajstić information content (AvgIpc) is 2.75. The number of aryl methyl sites for hydroxylation is 3. The van der Waals surface area contributed by atoms with Gasteiger partial charge in [0.05, 0.1) is 12.8 Å². The summed E-state index contributed by atoms with van der Waals surface area (Å²) in [5.74, 6) is 1.40. The van der Waals surface area contributed by atoms with Crippen molar-refractivity contribution in [3.05, 3.63) is 35.5 Å². The first-order valence-electron chi connectivity index (χ1n) is 6.01. The normalized spacial score (nSPS) is 10.6. The van der Waals surface area contributed by atoms with Crippen molar-refractivity contribution in [2.45, 2.75) is 26.8 Å². The standard InChI is InChI=1S/C13H18N4O/c1-10-4-5-11(2)12(8-10)18-7-3-6-17-9-13(14)15-16-17/h4-5,8-9H,3,6-7,14H2,1-2H3.